The van der Waals surface area contributed by atoms with Crippen LogP contribution in [-0.4, -0.2) is 19.5 Å². The first kappa shape index (κ1) is 25.0. The molecule has 0 bridgehead atoms. The molecule has 2 aromatic heterocycles. The van der Waals surface area contributed by atoms with Gasteiger partial charge in [0.15, 0.2) is 5.82 Å². The van der Waals surface area contributed by atoms with Crippen molar-refractivity contribution in [3.05, 3.63) is 69.3 Å². The monoisotopic (exact) mass is 531 g/mol. The van der Waals surface area contributed by atoms with E-state index in [1.54, 1.807) is 18.2 Å². The molecule has 0 amide bonds. The van der Waals surface area contributed by atoms with Crippen molar-refractivity contribution in [1.29, 1.82) is 10.5 Å². The number of rotatable bonds is 6. The van der Waals surface area contributed by atoms with E-state index in [-0.39, 0.29) is 62.6 Å². The normalized spacial score (nSPS) is 13.7. The van der Waals surface area contributed by atoms with Gasteiger partial charge in [-0.05, 0) is 54.4 Å². The van der Waals surface area contributed by atoms with Gasteiger partial charge < -0.3 is 16.8 Å². The number of fused-ring (bicyclic) bond motifs is 1. The van der Waals surface area contributed by atoms with E-state index >= 15 is 0 Å². The summed E-state index contributed by atoms with van der Waals surface area (Å²) in [5.74, 6) is -0.0256. The molecule has 2 aromatic carbocycles. The van der Waals surface area contributed by atoms with Gasteiger partial charge in [0.25, 0.3) is 12.0 Å². The molecule has 0 radical (unpaired) electrons. The number of benzene rings is 2. The van der Waals surface area contributed by atoms with Gasteiger partial charge in [0.2, 0.25) is 5.95 Å². The van der Waals surface area contributed by atoms with Gasteiger partial charge in [-0.2, -0.15) is 20.5 Å². The fourth-order valence-electron chi connectivity index (χ4n) is 4.39. The largest absolute Gasteiger partial charge is 0.382 e. The first-order valence-electron chi connectivity index (χ1n) is 11.5. The quantitative estimate of drug-likeness (QED) is 0.316. The molecular formula is C25H20F2N9OP. The molecule has 1 saturated carbocycles. The molecule has 190 valence electrons. The van der Waals surface area contributed by atoms with Crippen LogP contribution in [0.25, 0.3) is 16.6 Å². The summed E-state index contributed by atoms with van der Waals surface area (Å²) in [4.78, 5) is 26.7. The third-order valence-corrected chi connectivity index (χ3v) is 6.58. The van der Waals surface area contributed by atoms with E-state index in [4.69, 9.17) is 16.5 Å². The lowest BCUT2D eigenvalue weighted by molar-refractivity contribution is 0.151. The van der Waals surface area contributed by atoms with Crippen LogP contribution in [0.1, 0.15) is 47.8 Å². The van der Waals surface area contributed by atoms with E-state index in [1.165, 1.54) is 22.8 Å². The number of hydrogen-bond acceptors (Lipinski definition) is 9. The van der Waals surface area contributed by atoms with Crippen LogP contribution in [0.5, 0.6) is 0 Å². The van der Waals surface area contributed by atoms with Crippen LogP contribution in [0.4, 0.5) is 26.4 Å². The number of alkyl halides is 2. The molecule has 2 atom stereocenters. The third-order valence-electron chi connectivity index (χ3n) is 6.25. The summed E-state index contributed by atoms with van der Waals surface area (Å²) < 4.78 is 28.7. The number of hydrogen-bond donors (Lipinski definition) is 3. The Bertz CT molecular complexity index is 1740. The van der Waals surface area contributed by atoms with E-state index in [1.807, 2.05) is 12.1 Å². The number of aromatic nitrogens is 4. The van der Waals surface area contributed by atoms with Gasteiger partial charge in [0, 0.05) is 5.56 Å². The van der Waals surface area contributed by atoms with Crippen molar-refractivity contribution in [3.8, 4) is 17.8 Å². The number of nitrogens with one attached hydrogen (secondary N) is 1. The van der Waals surface area contributed by atoms with Crippen LogP contribution in [0.15, 0.2) is 41.2 Å². The summed E-state index contributed by atoms with van der Waals surface area (Å²) in [6.07, 6.45) is -1.24. The molecule has 1 aliphatic rings. The average Bonchev–Trinajstić information content (AvgIpc) is 3.71. The van der Waals surface area contributed by atoms with Gasteiger partial charge >= 0.3 is 0 Å². The number of nitriles is 2. The third kappa shape index (κ3) is 4.47. The highest BCUT2D eigenvalue weighted by Gasteiger charge is 2.37. The van der Waals surface area contributed by atoms with E-state index in [0.29, 0.717) is 5.30 Å². The summed E-state index contributed by atoms with van der Waals surface area (Å²) in [5.41, 5.74) is 11.3. The lowest BCUT2D eigenvalue weighted by atomic mass is 10.1. The minimum absolute atomic E-state index is 0.0255. The molecule has 0 saturated heterocycles. The summed E-state index contributed by atoms with van der Waals surface area (Å²) in [5, 5.41) is 23.0. The Balaban J connectivity index is 1.82. The lowest BCUT2D eigenvalue weighted by Crippen LogP contribution is -2.30. The minimum Gasteiger partial charge on any atom is -0.382 e. The molecule has 2 unspecified atom stereocenters. The summed E-state index contributed by atoms with van der Waals surface area (Å²) in [6.45, 7) is 0. The molecule has 1 aliphatic carbocycles. The van der Waals surface area contributed by atoms with Crippen molar-refractivity contribution < 1.29 is 8.78 Å². The molecule has 5 rings (SSSR count). The van der Waals surface area contributed by atoms with Gasteiger partial charge in [-0.1, -0.05) is 6.07 Å². The van der Waals surface area contributed by atoms with Gasteiger partial charge in [-0.15, -0.1) is 9.24 Å². The zero-order valence-electron chi connectivity index (χ0n) is 19.7. The van der Waals surface area contributed by atoms with Crippen molar-refractivity contribution in [2.75, 3.05) is 16.8 Å². The van der Waals surface area contributed by atoms with E-state index in [0.717, 1.165) is 12.8 Å². The minimum atomic E-state index is -2.78. The number of halogens is 2. The Labute approximate surface area is 217 Å². The predicted molar refractivity (Wildman–Crippen MR) is 141 cm³/mol. The Kier molecular flexibility index (Phi) is 6.35. The number of nitrogens with zero attached hydrogens (tertiary/aromatic N) is 6. The van der Waals surface area contributed by atoms with E-state index in [9.17, 15) is 24.1 Å². The van der Waals surface area contributed by atoms with Crippen LogP contribution < -0.4 is 27.6 Å². The van der Waals surface area contributed by atoms with Crippen molar-refractivity contribution in [2.45, 2.75) is 25.3 Å². The second-order valence-electron chi connectivity index (χ2n) is 8.84. The van der Waals surface area contributed by atoms with Crippen LogP contribution in [0.3, 0.4) is 0 Å². The average molecular weight is 531 g/mol. The number of anilines is 3. The number of nitrogen functional groups attached to an aromatic ring is 2. The Morgan fingerprint density at radius 2 is 1.87 bits per heavy atom. The Morgan fingerprint density at radius 1 is 1.11 bits per heavy atom. The molecule has 38 heavy (non-hydrogen) atoms. The summed E-state index contributed by atoms with van der Waals surface area (Å²) >= 11 is 0. The topological polar surface area (TPSA) is 172 Å². The highest BCUT2D eigenvalue weighted by molar-refractivity contribution is 7.27. The first-order chi connectivity index (χ1) is 18.2. The maximum atomic E-state index is 14.0. The zero-order valence-corrected chi connectivity index (χ0v) is 20.8. The van der Waals surface area contributed by atoms with E-state index in [2.05, 4.69) is 24.5 Å². The molecule has 10 nitrogen and oxygen atoms in total. The Hall–Kier alpha value is -4.67. The molecule has 2 heterocycles. The van der Waals surface area contributed by atoms with Crippen LogP contribution >= 0.6 is 9.24 Å². The number of nitrogens with two attached hydrogens (primary N) is 2. The molecule has 13 heteroatoms. The van der Waals surface area contributed by atoms with Crippen LogP contribution in [0.2, 0.25) is 0 Å². The van der Waals surface area contributed by atoms with Gasteiger partial charge in [-0.25, -0.2) is 13.8 Å². The van der Waals surface area contributed by atoms with Gasteiger partial charge in [0.1, 0.15) is 29.3 Å². The summed E-state index contributed by atoms with van der Waals surface area (Å²) in [6, 6.07) is 12.1. The first-order valence-corrected chi connectivity index (χ1v) is 12.0. The molecule has 0 spiro atoms. The predicted octanol–water partition coefficient (Wildman–Crippen LogP) is 3.08. The second-order valence-corrected chi connectivity index (χ2v) is 9.51. The molecule has 0 aliphatic heterocycles. The fourth-order valence-corrected chi connectivity index (χ4v) is 4.76. The second kappa shape index (κ2) is 9.66. The van der Waals surface area contributed by atoms with Crippen molar-refractivity contribution in [1.82, 2.24) is 19.5 Å². The molecular weight excluding hydrogens is 511 g/mol. The Morgan fingerprint density at radius 3 is 2.53 bits per heavy atom. The van der Waals surface area contributed by atoms with Gasteiger partial charge in [-0.3, -0.25) is 9.36 Å². The maximum absolute atomic E-state index is 14.0. The smallest absolute Gasteiger partial charge is 0.267 e. The SMILES string of the molecule is N#Cc1c(N)nc(N)nc1NC(c1nc2cccc(C#N)c2c(=O)n1-c1cc(P)cc(C(F)F)c1)C1CC1. The molecule has 5 N–H and O–H groups in total. The van der Waals surface area contributed by atoms with Crippen LogP contribution in [-0.2, 0) is 0 Å². The van der Waals surface area contributed by atoms with Gasteiger partial charge in [0.05, 0.1) is 28.2 Å². The molecule has 1 fully saturated rings. The van der Waals surface area contributed by atoms with Crippen LogP contribution in [0, 0.1) is 28.6 Å². The van der Waals surface area contributed by atoms with Crippen molar-refractivity contribution >= 4 is 43.0 Å². The molecule has 4 aromatic rings. The van der Waals surface area contributed by atoms with Crippen molar-refractivity contribution in [3.63, 3.8) is 0 Å². The zero-order chi connectivity index (χ0) is 27.1. The highest BCUT2D eigenvalue weighted by atomic mass is 31.0. The maximum Gasteiger partial charge on any atom is 0.267 e. The van der Waals surface area contributed by atoms with Crippen molar-refractivity contribution in [2.24, 2.45) is 5.92 Å². The van der Waals surface area contributed by atoms with E-state index < -0.39 is 18.0 Å². The summed E-state index contributed by atoms with van der Waals surface area (Å²) in [7, 11) is 2.36. The lowest BCUT2D eigenvalue weighted by Gasteiger charge is -2.24. The fraction of sp³-hybridized carbons (Fsp3) is 0.200. The highest BCUT2D eigenvalue weighted by Crippen LogP contribution is 2.43. The standard InChI is InChI=1S/C25H20F2N9OP/c26-20(27)13-6-14(8-15(38)7-13)36-23(32-17-3-1-2-12(9-28)18(17)24(36)37)19(11-4-5-11)33-22-16(10-29)21(30)34-25(31)35-22/h1-3,6-8,11,19-20H,4-5,38H2,(H5,30,31,33,34,35).